The van der Waals surface area contributed by atoms with Crippen LogP contribution >= 0.6 is 0 Å². The van der Waals surface area contributed by atoms with E-state index in [2.05, 4.69) is 48.5 Å². The van der Waals surface area contributed by atoms with Crippen LogP contribution in [-0.4, -0.2) is 12.6 Å². The van der Waals surface area contributed by atoms with Crippen LogP contribution < -0.4 is 0 Å². The second-order valence-corrected chi connectivity index (χ2v) is 5.71. The number of esters is 1. The molecular formula is C20H20O2. The molecule has 0 spiro atoms. The van der Waals surface area contributed by atoms with Crippen molar-refractivity contribution in [3.63, 3.8) is 0 Å². The van der Waals surface area contributed by atoms with E-state index in [1.807, 2.05) is 18.2 Å². The zero-order chi connectivity index (χ0) is 15.2. The smallest absolute Gasteiger partial charge is 0.309 e. The summed E-state index contributed by atoms with van der Waals surface area (Å²) in [6.45, 7) is 0.362. The van der Waals surface area contributed by atoms with E-state index in [-0.39, 0.29) is 11.9 Å². The number of hydrogen-bond acceptors (Lipinski definition) is 2. The van der Waals surface area contributed by atoms with Crippen molar-refractivity contribution in [2.75, 3.05) is 6.61 Å². The Bertz CT molecular complexity index is 637. The number of ether oxygens (including phenoxy) is 1. The van der Waals surface area contributed by atoms with Gasteiger partial charge in [-0.1, -0.05) is 60.7 Å². The molecule has 22 heavy (non-hydrogen) atoms. The van der Waals surface area contributed by atoms with Crippen molar-refractivity contribution >= 4 is 12.0 Å². The Morgan fingerprint density at radius 1 is 1.00 bits per heavy atom. The third-order valence-corrected chi connectivity index (χ3v) is 3.77. The van der Waals surface area contributed by atoms with Crippen molar-refractivity contribution < 1.29 is 9.53 Å². The molecule has 2 nitrogen and oxygen atoms in total. The van der Waals surface area contributed by atoms with Crippen LogP contribution in [0, 0.1) is 5.92 Å². The van der Waals surface area contributed by atoms with Crippen LogP contribution in [0.3, 0.4) is 0 Å². The first-order valence-corrected chi connectivity index (χ1v) is 7.77. The summed E-state index contributed by atoms with van der Waals surface area (Å²) in [4.78, 5) is 11.4. The highest BCUT2D eigenvalue weighted by atomic mass is 16.5. The van der Waals surface area contributed by atoms with Crippen LogP contribution in [0.4, 0.5) is 0 Å². The SMILES string of the molecule is O=C(OCC=Cc1ccc(Cc2ccccc2)cc1)C1CC1. The average Bonchev–Trinajstić information content (AvgIpc) is 3.39. The fourth-order valence-electron chi connectivity index (χ4n) is 2.33. The molecule has 1 aliphatic carbocycles. The quantitative estimate of drug-likeness (QED) is 0.744. The second-order valence-electron chi connectivity index (χ2n) is 5.71. The fraction of sp³-hybridized carbons (Fsp3) is 0.250. The summed E-state index contributed by atoms with van der Waals surface area (Å²) in [7, 11) is 0. The monoisotopic (exact) mass is 292 g/mol. The maximum atomic E-state index is 11.4. The topological polar surface area (TPSA) is 26.3 Å². The summed E-state index contributed by atoms with van der Waals surface area (Å²) in [6, 6.07) is 18.9. The van der Waals surface area contributed by atoms with Gasteiger partial charge in [-0.05, 0) is 42.0 Å². The summed E-state index contributed by atoms with van der Waals surface area (Å²) in [5.41, 5.74) is 3.74. The van der Waals surface area contributed by atoms with Gasteiger partial charge in [0, 0.05) is 0 Å². The predicted molar refractivity (Wildman–Crippen MR) is 88.4 cm³/mol. The van der Waals surface area contributed by atoms with Crippen LogP contribution in [0.5, 0.6) is 0 Å². The molecule has 1 saturated carbocycles. The van der Waals surface area contributed by atoms with Crippen molar-refractivity contribution in [3.05, 3.63) is 77.4 Å². The molecule has 112 valence electrons. The zero-order valence-electron chi connectivity index (χ0n) is 12.6. The molecule has 2 heteroatoms. The van der Waals surface area contributed by atoms with Gasteiger partial charge < -0.3 is 4.74 Å². The molecule has 0 aromatic heterocycles. The molecule has 0 aliphatic heterocycles. The minimum atomic E-state index is -0.0529. The summed E-state index contributed by atoms with van der Waals surface area (Å²) in [6.07, 6.45) is 6.82. The van der Waals surface area contributed by atoms with Gasteiger partial charge >= 0.3 is 5.97 Å². The Hall–Kier alpha value is -2.35. The fourth-order valence-corrected chi connectivity index (χ4v) is 2.33. The molecule has 0 saturated heterocycles. The van der Waals surface area contributed by atoms with E-state index in [4.69, 9.17) is 4.74 Å². The molecule has 3 rings (SSSR count). The van der Waals surface area contributed by atoms with E-state index >= 15 is 0 Å². The molecule has 2 aromatic carbocycles. The Morgan fingerprint density at radius 2 is 1.68 bits per heavy atom. The lowest BCUT2D eigenvalue weighted by Gasteiger charge is -2.03. The Labute approximate surface area is 131 Å². The summed E-state index contributed by atoms with van der Waals surface area (Å²) in [5.74, 6) is 0.119. The van der Waals surface area contributed by atoms with Crippen LogP contribution in [0.15, 0.2) is 60.7 Å². The lowest BCUT2D eigenvalue weighted by Crippen LogP contribution is -2.05. The molecule has 0 unspecified atom stereocenters. The molecule has 1 fully saturated rings. The predicted octanol–water partition coefficient (Wildman–Crippen LogP) is 4.24. The van der Waals surface area contributed by atoms with Gasteiger partial charge in [-0.2, -0.15) is 0 Å². The van der Waals surface area contributed by atoms with Crippen molar-refractivity contribution in [1.82, 2.24) is 0 Å². The first kappa shape index (κ1) is 14.6. The number of carbonyl (C=O) groups is 1. The highest BCUT2D eigenvalue weighted by Gasteiger charge is 2.30. The first-order valence-electron chi connectivity index (χ1n) is 7.77. The number of benzene rings is 2. The maximum absolute atomic E-state index is 11.4. The molecule has 0 bridgehead atoms. The molecule has 1 aliphatic rings. The number of hydrogen-bond donors (Lipinski definition) is 0. The third-order valence-electron chi connectivity index (χ3n) is 3.77. The molecule has 0 radical (unpaired) electrons. The van der Waals surface area contributed by atoms with Crippen LogP contribution in [0.25, 0.3) is 6.08 Å². The van der Waals surface area contributed by atoms with Gasteiger partial charge in [0.2, 0.25) is 0 Å². The average molecular weight is 292 g/mol. The minimum Gasteiger partial charge on any atom is -0.461 e. The highest BCUT2D eigenvalue weighted by molar-refractivity contribution is 5.75. The van der Waals surface area contributed by atoms with Crippen LogP contribution in [0.1, 0.15) is 29.5 Å². The van der Waals surface area contributed by atoms with E-state index in [1.165, 1.54) is 11.1 Å². The third kappa shape index (κ3) is 4.32. The van der Waals surface area contributed by atoms with Crippen LogP contribution in [-0.2, 0) is 16.0 Å². The second kappa shape index (κ2) is 7.08. The number of rotatable bonds is 6. The van der Waals surface area contributed by atoms with Crippen molar-refractivity contribution in [1.29, 1.82) is 0 Å². The van der Waals surface area contributed by atoms with Crippen molar-refractivity contribution in [2.24, 2.45) is 5.92 Å². The van der Waals surface area contributed by atoms with Crippen molar-refractivity contribution in [2.45, 2.75) is 19.3 Å². The Kier molecular flexibility index (Phi) is 4.69. The van der Waals surface area contributed by atoms with Gasteiger partial charge in [0.1, 0.15) is 6.61 Å². The molecular weight excluding hydrogens is 272 g/mol. The van der Waals surface area contributed by atoms with Gasteiger partial charge in [0.15, 0.2) is 0 Å². The summed E-state index contributed by atoms with van der Waals surface area (Å²) in [5, 5.41) is 0. The van der Waals surface area contributed by atoms with E-state index in [0.717, 1.165) is 24.8 Å². The van der Waals surface area contributed by atoms with Gasteiger partial charge in [0.25, 0.3) is 0 Å². The maximum Gasteiger partial charge on any atom is 0.309 e. The molecule has 0 heterocycles. The van der Waals surface area contributed by atoms with Gasteiger partial charge in [-0.25, -0.2) is 0 Å². The lowest BCUT2D eigenvalue weighted by molar-refractivity contribution is -0.143. The molecule has 0 atom stereocenters. The molecule has 2 aromatic rings. The van der Waals surface area contributed by atoms with Gasteiger partial charge in [-0.3, -0.25) is 4.79 Å². The van der Waals surface area contributed by atoms with E-state index in [0.29, 0.717) is 6.61 Å². The molecule has 0 amide bonds. The summed E-state index contributed by atoms with van der Waals surface area (Å²) >= 11 is 0. The highest BCUT2D eigenvalue weighted by Crippen LogP contribution is 2.29. The summed E-state index contributed by atoms with van der Waals surface area (Å²) < 4.78 is 5.16. The lowest BCUT2D eigenvalue weighted by atomic mass is 10.0. The van der Waals surface area contributed by atoms with E-state index in [9.17, 15) is 4.79 Å². The largest absolute Gasteiger partial charge is 0.461 e. The van der Waals surface area contributed by atoms with Crippen LogP contribution in [0.2, 0.25) is 0 Å². The van der Waals surface area contributed by atoms with E-state index in [1.54, 1.807) is 0 Å². The Balaban J connectivity index is 1.49. The zero-order valence-corrected chi connectivity index (χ0v) is 12.6. The Morgan fingerprint density at radius 3 is 2.36 bits per heavy atom. The van der Waals surface area contributed by atoms with Gasteiger partial charge in [-0.15, -0.1) is 0 Å². The normalized spacial score (nSPS) is 14.2. The van der Waals surface area contributed by atoms with E-state index < -0.39 is 0 Å². The number of carbonyl (C=O) groups excluding carboxylic acids is 1. The minimum absolute atomic E-state index is 0.0529. The van der Waals surface area contributed by atoms with Crippen molar-refractivity contribution in [3.8, 4) is 0 Å². The first-order chi connectivity index (χ1) is 10.8. The standard InChI is InChI=1S/C20H20O2/c21-20(19-12-13-19)22-14-4-7-16-8-10-18(11-9-16)15-17-5-2-1-3-6-17/h1-11,19H,12-15H2. The molecule has 0 N–H and O–H groups in total. The van der Waals surface area contributed by atoms with Gasteiger partial charge in [0.05, 0.1) is 5.92 Å².